The number of halogens is 2. The molecule has 7 heteroatoms. The normalized spacial score (nSPS) is 14.2. The van der Waals surface area contributed by atoms with Crippen molar-refractivity contribution in [3.05, 3.63) is 130 Å². The Morgan fingerprint density at radius 3 is 1.81 bits per heavy atom. The fourth-order valence-electron chi connectivity index (χ4n) is 4.69. The van der Waals surface area contributed by atoms with Crippen molar-refractivity contribution in [2.24, 2.45) is 0 Å². The highest BCUT2D eigenvalue weighted by molar-refractivity contribution is 5.94. The highest BCUT2D eigenvalue weighted by Crippen LogP contribution is 2.30. The zero-order valence-corrected chi connectivity index (χ0v) is 19.5. The lowest BCUT2D eigenvalue weighted by Crippen LogP contribution is -2.50. The second-order valence-corrected chi connectivity index (χ2v) is 8.81. The number of H-pyrrole nitrogens is 1. The number of carbonyl (C=O) groups is 1. The number of rotatable bonds is 5. The van der Waals surface area contributed by atoms with Crippen LogP contribution in [0.2, 0.25) is 0 Å². The summed E-state index contributed by atoms with van der Waals surface area (Å²) in [6, 6.07) is 25.2. The van der Waals surface area contributed by atoms with Crippen LogP contribution < -0.4 is 5.56 Å². The molecule has 2 heterocycles. The smallest absolute Gasteiger partial charge is 0.261 e. The molecule has 0 spiro atoms. The number of carbonyl (C=O) groups excluding carboxylic acids is 1. The first-order valence-electron chi connectivity index (χ1n) is 11.8. The van der Waals surface area contributed by atoms with Gasteiger partial charge in [-0.25, -0.2) is 8.78 Å². The number of piperazine rings is 1. The Kier molecular flexibility index (Phi) is 6.73. The Morgan fingerprint density at radius 1 is 0.722 bits per heavy atom. The van der Waals surface area contributed by atoms with Gasteiger partial charge in [0.2, 0.25) is 0 Å². The second-order valence-electron chi connectivity index (χ2n) is 8.81. The maximum Gasteiger partial charge on any atom is 0.261 e. The zero-order chi connectivity index (χ0) is 25.1. The van der Waals surface area contributed by atoms with Crippen molar-refractivity contribution in [2.45, 2.75) is 6.04 Å². The van der Waals surface area contributed by atoms with Crippen molar-refractivity contribution in [3.63, 3.8) is 0 Å². The van der Waals surface area contributed by atoms with Gasteiger partial charge in [0.05, 0.1) is 6.04 Å². The minimum absolute atomic E-state index is 0.108. The number of aromatic nitrogens is 1. The van der Waals surface area contributed by atoms with Crippen molar-refractivity contribution >= 4 is 5.91 Å². The SMILES string of the molecule is O=C(c1ccc(-c2ccccc2)[nH]c1=O)N1CCN(C(c2ccc(F)cc2)c2ccc(F)cc2)CC1. The van der Waals surface area contributed by atoms with Crippen LogP contribution >= 0.6 is 0 Å². The van der Waals surface area contributed by atoms with Crippen LogP contribution in [-0.4, -0.2) is 46.9 Å². The van der Waals surface area contributed by atoms with E-state index in [1.807, 2.05) is 30.3 Å². The van der Waals surface area contributed by atoms with Crippen LogP contribution in [0.5, 0.6) is 0 Å². The van der Waals surface area contributed by atoms with Gasteiger partial charge in [0, 0.05) is 31.9 Å². The van der Waals surface area contributed by atoms with Crippen LogP contribution in [-0.2, 0) is 0 Å². The monoisotopic (exact) mass is 485 g/mol. The summed E-state index contributed by atoms with van der Waals surface area (Å²) in [7, 11) is 0. The van der Waals surface area contributed by atoms with Gasteiger partial charge in [-0.15, -0.1) is 0 Å². The molecule has 1 aliphatic heterocycles. The first kappa shape index (κ1) is 23.6. The third-order valence-electron chi connectivity index (χ3n) is 6.56. The average Bonchev–Trinajstić information content (AvgIpc) is 2.91. The van der Waals surface area contributed by atoms with E-state index in [2.05, 4.69) is 9.88 Å². The Labute approximate surface area is 207 Å². The third-order valence-corrected chi connectivity index (χ3v) is 6.56. The van der Waals surface area contributed by atoms with E-state index >= 15 is 0 Å². The molecule has 5 rings (SSSR count). The molecule has 1 aliphatic rings. The Balaban J connectivity index is 1.33. The van der Waals surface area contributed by atoms with Crippen molar-refractivity contribution in [2.75, 3.05) is 26.2 Å². The molecule has 36 heavy (non-hydrogen) atoms. The summed E-state index contributed by atoms with van der Waals surface area (Å²) in [5.41, 5.74) is 2.99. The predicted molar refractivity (Wildman–Crippen MR) is 135 cm³/mol. The molecule has 0 radical (unpaired) electrons. The molecule has 0 unspecified atom stereocenters. The second kappa shape index (κ2) is 10.3. The van der Waals surface area contributed by atoms with Crippen LogP contribution in [0, 0.1) is 11.6 Å². The van der Waals surface area contributed by atoms with Gasteiger partial charge >= 0.3 is 0 Å². The van der Waals surface area contributed by atoms with E-state index in [0.717, 1.165) is 16.7 Å². The zero-order valence-electron chi connectivity index (χ0n) is 19.5. The maximum atomic E-state index is 13.6. The van der Waals surface area contributed by atoms with Crippen molar-refractivity contribution < 1.29 is 13.6 Å². The standard InChI is InChI=1S/C29H25F2N3O2/c30-23-10-6-21(7-11-23)27(22-8-12-24(31)13-9-22)33-16-18-34(19-17-33)29(36)25-14-15-26(32-28(25)35)20-4-2-1-3-5-20/h1-15,27H,16-19H2,(H,32,35). The van der Waals surface area contributed by atoms with E-state index in [9.17, 15) is 18.4 Å². The van der Waals surface area contributed by atoms with Crippen LogP contribution in [0.1, 0.15) is 27.5 Å². The molecule has 0 aliphatic carbocycles. The van der Waals surface area contributed by atoms with Crippen molar-refractivity contribution in [3.8, 4) is 11.3 Å². The predicted octanol–water partition coefficient (Wildman–Crippen LogP) is 4.87. The van der Waals surface area contributed by atoms with Gasteiger partial charge in [0.15, 0.2) is 0 Å². The molecule has 1 saturated heterocycles. The number of nitrogens with zero attached hydrogens (tertiary/aromatic N) is 2. The Hall–Kier alpha value is -4.10. The molecule has 1 amide bonds. The van der Waals surface area contributed by atoms with E-state index in [-0.39, 0.29) is 29.1 Å². The first-order valence-corrected chi connectivity index (χ1v) is 11.8. The maximum absolute atomic E-state index is 13.6. The van der Waals surface area contributed by atoms with Crippen LogP contribution in [0.25, 0.3) is 11.3 Å². The summed E-state index contributed by atoms with van der Waals surface area (Å²) in [5, 5.41) is 0. The number of hydrogen-bond donors (Lipinski definition) is 1. The number of amides is 1. The van der Waals surface area contributed by atoms with Crippen molar-refractivity contribution in [1.29, 1.82) is 0 Å². The van der Waals surface area contributed by atoms with Gasteiger partial charge in [0.1, 0.15) is 17.2 Å². The first-order chi connectivity index (χ1) is 17.5. The van der Waals surface area contributed by atoms with Gasteiger partial charge in [-0.3, -0.25) is 14.5 Å². The van der Waals surface area contributed by atoms with Crippen molar-refractivity contribution in [1.82, 2.24) is 14.8 Å². The molecule has 182 valence electrons. The van der Waals surface area contributed by atoms with E-state index in [4.69, 9.17) is 0 Å². The fourth-order valence-corrected chi connectivity index (χ4v) is 4.69. The highest BCUT2D eigenvalue weighted by Gasteiger charge is 2.29. The van der Waals surface area contributed by atoms with Gasteiger partial charge in [-0.1, -0.05) is 54.6 Å². The summed E-state index contributed by atoms with van der Waals surface area (Å²) in [5.74, 6) is -0.957. The van der Waals surface area contributed by atoms with E-state index < -0.39 is 5.56 Å². The molecule has 1 fully saturated rings. The van der Waals surface area contributed by atoms with Crippen LogP contribution in [0.4, 0.5) is 8.78 Å². The Bertz CT molecular complexity index is 1350. The van der Waals surface area contributed by atoms with Gasteiger partial charge in [0.25, 0.3) is 11.5 Å². The lowest BCUT2D eigenvalue weighted by atomic mass is 9.96. The summed E-state index contributed by atoms with van der Waals surface area (Å²) in [4.78, 5) is 32.6. The lowest BCUT2D eigenvalue weighted by Gasteiger charge is -2.39. The van der Waals surface area contributed by atoms with E-state index in [0.29, 0.717) is 31.9 Å². The van der Waals surface area contributed by atoms with Gasteiger partial charge < -0.3 is 9.88 Å². The molecule has 1 aromatic heterocycles. The molecule has 0 atom stereocenters. The quantitative estimate of drug-likeness (QED) is 0.439. The number of hydrogen-bond acceptors (Lipinski definition) is 3. The molecule has 3 aromatic carbocycles. The molecular formula is C29H25F2N3O2. The Morgan fingerprint density at radius 2 is 1.28 bits per heavy atom. The third kappa shape index (κ3) is 4.97. The largest absolute Gasteiger partial charge is 0.336 e. The fraction of sp³-hybridized carbons (Fsp3) is 0.172. The molecule has 0 bridgehead atoms. The molecule has 0 saturated carbocycles. The molecule has 5 nitrogen and oxygen atoms in total. The van der Waals surface area contributed by atoms with Crippen LogP contribution in [0.3, 0.4) is 0 Å². The summed E-state index contributed by atoms with van der Waals surface area (Å²) in [6.07, 6.45) is 0. The minimum Gasteiger partial charge on any atom is -0.336 e. The number of benzene rings is 3. The summed E-state index contributed by atoms with van der Waals surface area (Å²) >= 11 is 0. The van der Waals surface area contributed by atoms with E-state index in [1.165, 1.54) is 24.3 Å². The van der Waals surface area contributed by atoms with E-state index in [1.54, 1.807) is 41.3 Å². The number of nitrogens with one attached hydrogen (secondary N) is 1. The highest BCUT2D eigenvalue weighted by atomic mass is 19.1. The number of pyridine rings is 1. The topological polar surface area (TPSA) is 56.4 Å². The number of aromatic amines is 1. The molecule has 4 aromatic rings. The summed E-state index contributed by atoms with van der Waals surface area (Å²) in [6.45, 7) is 1.95. The van der Waals surface area contributed by atoms with Crippen LogP contribution in [0.15, 0.2) is 95.8 Å². The lowest BCUT2D eigenvalue weighted by molar-refractivity contribution is 0.0595. The average molecular weight is 486 g/mol. The molecular weight excluding hydrogens is 460 g/mol. The summed E-state index contributed by atoms with van der Waals surface area (Å²) < 4.78 is 27.1. The van der Waals surface area contributed by atoms with Gasteiger partial charge in [-0.2, -0.15) is 0 Å². The van der Waals surface area contributed by atoms with Gasteiger partial charge in [-0.05, 0) is 53.1 Å². The molecule has 1 N–H and O–H groups in total. The minimum atomic E-state index is -0.417.